The Kier molecular flexibility index (Phi) is 7.22. The lowest BCUT2D eigenvalue weighted by atomic mass is 10.2. The number of rotatable bonds is 8. The highest BCUT2D eigenvalue weighted by Gasteiger charge is 2.18. The molecular weight excluding hydrogens is 356 g/mol. The minimum atomic E-state index is -0.764. The van der Waals surface area contributed by atoms with Crippen LogP contribution in [0.25, 0.3) is 11.4 Å². The summed E-state index contributed by atoms with van der Waals surface area (Å²) in [4.78, 5) is 23.1. The van der Waals surface area contributed by atoms with Crippen LogP contribution < -0.4 is 10.1 Å². The van der Waals surface area contributed by atoms with Gasteiger partial charge in [0, 0.05) is 6.54 Å². The van der Waals surface area contributed by atoms with E-state index in [-0.39, 0.29) is 12.4 Å². The van der Waals surface area contributed by atoms with Crippen LogP contribution in [0.15, 0.2) is 42.1 Å². The summed E-state index contributed by atoms with van der Waals surface area (Å²) >= 11 is 1.17. The third kappa shape index (κ3) is 4.85. The predicted octanol–water partition coefficient (Wildman–Crippen LogP) is 2.50. The molecule has 0 atom stereocenters. The van der Waals surface area contributed by atoms with E-state index < -0.39 is 12.0 Å². The number of allylic oxidation sites excluding steroid dienone is 1. The zero-order chi connectivity index (χ0) is 18.9. The fourth-order valence-electron chi connectivity index (χ4n) is 2.16. The molecule has 1 aromatic carbocycles. The summed E-state index contributed by atoms with van der Waals surface area (Å²) in [6, 6.07) is 7.46. The van der Waals surface area contributed by atoms with Crippen molar-refractivity contribution in [2.24, 2.45) is 0 Å². The molecule has 26 heavy (non-hydrogen) atoms. The lowest BCUT2D eigenvalue weighted by Crippen LogP contribution is -2.32. The van der Waals surface area contributed by atoms with E-state index in [9.17, 15) is 9.59 Å². The van der Waals surface area contributed by atoms with E-state index in [0.717, 1.165) is 5.56 Å². The molecule has 2 rings (SSSR count). The monoisotopic (exact) mass is 376 g/mol. The van der Waals surface area contributed by atoms with Crippen LogP contribution in [-0.4, -0.2) is 46.2 Å². The smallest absolute Gasteiger partial charge is 0.413 e. The van der Waals surface area contributed by atoms with Crippen molar-refractivity contribution in [1.82, 2.24) is 20.1 Å². The molecule has 138 valence electrons. The zero-order valence-electron chi connectivity index (χ0n) is 14.6. The summed E-state index contributed by atoms with van der Waals surface area (Å²) in [7, 11) is 1.59. The number of methoxy groups -OCH3 is 1. The maximum Gasteiger partial charge on any atom is 0.413 e. The summed E-state index contributed by atoms with van der Waals surface area (Å²) in [6.07, 6.45) is 0.950. The molecule has 0 radical (unpaired) electrons. The Labute approximate surface area is 155 Å². The van der Waals surface area contributed by atoms with Gasteiger partial charge in [-0.2, -0.15) is 0 Å². The van der Waals surface area contributed by atoms with Crippen LogP contribution in [0.2, 0.25) is 0 Å². The van der Waals surface area contributed by atoms with Crippen LogP contribution in [0.4, 0.5) is 4.79 Å². The highest BCUT2D eigenvalue weighted by Crippen LogP contribution is 2.30. The molecule has 1 N–H and O–H groups in total. The first-order valence-corrected chi connectivity index (χ1v) is 8.86. The number of hydrogen-bond acceptors (Lipinski definition) is 7. The van der Waals surface area contributed by atoms with E-state index in [1.807, 2.05) is 28.8 Å². The Balaban J connectivity index is 2.17. The van der Waals surface area contributed by atoms with Gasteiger partial charge in [-0.3, -0.25) is 14.7 Å². The number of carbonyl (C=O) groups is 2. The van der Waals surface area contributed by atoms with Gasteiger partial charge in [0.25, 0.3) is 0 Å². The van der Waals surface area contributed by atoms with Crippen molar-refractivity contribution in [2.75, 3.05) is 19.5 Å². The Morgan fingerprint density at radius 2 is 2.12 bits per heavy atom. The summed E-state index contributed by atoms with van der Waals surface area (Å²) < 4.78 is 11.9. The first-order valence-electron chi connectivity index (χ1n) is 7.87. The molecule has 0 unspecified atom stereocenters. The molecule has 0 spiro atoms. The molecule has 0 fully saturated rings. The van der Waals surface area contributed by atoms with E-state index in [4.69, 9.17) is 4.74 Å². The molecule has 0 aliphatic rings. The minimum Gasteiger partial charge on any atom is -0.496 e. The average molecular weight is 376 g/mol. The highest BCUT2D eigenvalue weighted by atomic mass is 32.2. The van der Waals surface area contributed by atoms with Crippen molar-refractivity contribution >= 4 is 23.8 Å². The molecular formula is C17H20N4O4S. The first-order chi connectivity index (χ1) is 12.6. The van der Waals surface area contributed by atoms with E-state index in [2.05, 4.69) is 26.8 Å². The molecule has 2 aromatic rings. The van der Waals surface area contributed by atoms with Crippen LogP contribution >= 0.6 is 11.8 Å². The minimum absolute atomic E-state index is 0.0000150. The number of imide groups is 1. The number of hydrogen-bond donors (Lipinski definition) is 1. The number of para-hydroxylation sites is 1. The van der Waals surface area contributed by atoms with E-state index >= 15 is 0 Å². The number of ether oxygens (including phenoxy) is 2. The Bertz CT molecular complexity index is 791. The van der Waals surface area contributed by atoms with Gasteiger partial charge in [0.05, 0.1) is 25.0 Å². The van der Waals surface area contributed by atoms with Crippen LogP contribution in [0.3, 0.4) is 0 Å². The van der Waals surface area contributed by atoms with Gasteiger partial charge in [-0.15, -0.1) is 16.8 Å². The number of thioether (sulfide) groups is 1. The number of benzene rings is 1. The SMILES string of the molecule is C=CCn1c(SCC(=O)NC(=O)OCC)nnc1-c1ccccc1OC. The van der Waals surface area contributed by atoms with Crippen LogP contribution in [0.5, 0.6) is 5.75 Å². The zero-order valence-corrected chi connectivity index (χ0v) is 15.4. The summed E-state index contributed by atoms with van der Waals surface area (Å²) in [5.41, 5.74) is 0.784. The largest absolute Gasteiger partial charge is 0.496 e. The number of nitrogens with zero attached hydrogens (tertiary/aromatic N) is 3. The van der Waals surface area contributed by atoms with Crippen molar-refractivity contribution in [3.8, 4) is 17.1 Å². The Morgan fingerprint density at radius 3 is 2.81 bits per heavy atom. The number of alkyl carbamates (subject to hydrolysis) is 1. The van der Waals surface area contributed by atoms with Crippen molar-refractivity contribution < 1.29 is 19.1 Å². The molecule has 8 nitrogen and oxygen atoms in total. The maximum atomic E-state index is 11.8. The van der Waals surface area contributed by atoms with Gasteiger partial charge in [-0.1, -0.05) is 30.0 Å². The fourth-order valence-corrected chi connectivity index (χ4v) is 2.91. The van der Waals surface area contributed by atoms with Gasteiger partial charge in [0.2, 0.25) is 5.91 Å². The van der Waals surface area contributed by atoms with Crippen LogP contribution in [0, 0.1) is 0 Å². The van der Waals surface area contributed by atoms with E-state index in [1.54, 1.807) is 20.1 Å². The second-order valence-electron chi connectivity index (χ2n) is 4.96. The Hall–Kier alpha value is -2.81. The summed E-state index contributed by atoms with van der Waals surface area (Å²) in [6.45, 7) is 6.07. The first kappa shape index (κ1) is 19.5. The molecule has 0 aliphatic heterocycles. The quantitative estimate of drug-likeness (QED) is 0.559. The van der Waals surface area contributed by atoms with Crippen molar-refractivity contribution in [2.45, 2.75) is 18.6 Å². The van der Waals surface area contributed by atoms with Gasteiger partial charge in [-0.05, 0) is 19.1 Å². The summed E-state index contributed by atoms with van der Waals surface area (Å²) in [5, 5.41) is 11.0. The van der Waals surface area contributed by atoms with Gasteiger partial charge < -0.3 is 9.47 Å². The standard InChI is InChI=1S/C17H20N4O4S/c1-4-10-21-15(12-8-6-7-9-13(12)24-3)19-20-16(21)26-11-14(22)18-17(23)25-5-2/h4,6-9H,1,5,10-11H2,2-3H3,(H,18,22,23). The van der Waals surface area contributed by atoms with Crippen LogP contribution in [0.1, 0.15) is 6.92 Å². The lowest BCUT2D eigenvalue weighted by molar-refractivity contribution is -0.117. The number of carbonyl (C=O) groups excluding carboxylic acids is 2. The molecule has 0 saturated heterocycles. The maximum absolute atomic E-state index is 11.8. The lowest BCUT2D eigenvalue weighted by Gasteiger charge is -2.10. The Morgan fingerprint density at radius 1 is 1.35 bits per heavy atom. The van der Waals surface area contributed by atoms with Gasteiger partial charge >= 0.3 is 6.09 Å². The highest BCUT2D eigenvalue weighted by molar-refractivity contribution is 7.99. The fraction of sp³-hybridized carbons (Fsp3) is 0.294. The molecule has 0 aliphatic carbocycles. The third-order valence-electron chi connectivity index (χ3n) is 3.23. The molecule has 0 bridgehead atoms. The molecule has 1 aromatic heterocycles. The topological polar surface area (TPSA) is 95.3 Å². The second kappa shape index (κ2) is 9.62. The van der Waals surface area contributed by atoms with E-state index in [0.29, 0.717) is 23.3 Å². The number of aromatic nitrogens is 3. The summed E-state index contributed by atoms with van der Waals surface area (Å²) in [5.74, 6) is 0.804. The molecule has 0 saturated carbocycles. The molecule has 9 heteroatoms. The van der Waals surface area contributed by atoms with Gasteiger partial charge in [0.15, 0.2) is 11.0 Å². The van der Waals surface area contributed by atoms with Gasteiger partial charge in [0.1, 0.15) is 5.75 Å². The molecule has 2 amide bonds. The normalized spacial score (nSPS) is 10.2. The van der Waals surface area contributed by atoms with Crippen molar-refractivity contribution in [3.63, 3.8) is 0 Å². The number of amides is 2. The van der Waals surface area contributed by atoms with Crippen molar-refractivity contribution in [3.05, 3.63) is 36.9 Å². The predicted molar refractivity (Wildman–Crippen MR) is 98.1 cm³/mol. The van der Waals surface area contributed by atoms with E-state index in [1.165, 1.54) is 11.8 Å². The second-order valence-corrected chi connectivity index (χ2v) is 5.91. The third-order valence-corrected chi connectivity index (χ3v) is 4.19. The van der Waals surface area contributed by atoms with Crippen LogP contribution in [-0.2, 0) is 16.1 Å². The average Bonchev–Trinajstić information content (AvgIpc) is 3.03. The van der Waals surface area contributed by atoms with Crippen molar-refractivity contribution in [1.29, 1.82) is 0 Å². The number of nitrogens with one attached hydrogen (secondary N) is 1. The molecule has 1 heterocycles. The van der Waals surface area contributed by atoms with Gasteiger partial charge in [-0.25, -0.2) is 4.79 Å².